The first-order chi connectivity index (χ1) is 6.90. The third-order valence-corrected chi connectivity index (χ3v) is 2.34. The normalized spacial score (nSPS) is 15.1. The lowest BCUT2D eigenvalue weighted by Crippen LogP contribution is -2.18. The Labute approximate surface area is 84.5 Å². The molecule has 0 aromatic heterocycles. The van der Waals surface area contributed by atoms with Crippen LogP contribution in [0.25, 0.3) is 0 Å². The van der Waals surface area contributed by atoms with Crippen molar-refractivity contribution in [3.8, 4) is 0 Å². The molecule has 0 radical (unpaired) electrons. The van der Waals surface area contributed by atoms with Crippen LogP contribution in [-0.2, 0) is 6.54 Å². The van der Waals surface area contributed by atoms with Gasteiger partial charge in [0, 0.05) is 18.8 Å². The van der Waals surface area contributed by atoms with Crippen molar-refractivity contribution in [3.63, 3.8) is 0 Å². The molecular weight excluding hydrogens is 174 g/mol. The van der Waals surface area contributed by atoms with Crippen LogP contribution in [0.1, 0.15) is 5.56 Å². The zero-order chi connectivity index (χ0) is 9.80. The molecule has 0 unspecified atom stereocenters. The maximum atomic E-state index is 4.19. The van der Waals surface area contributed by atoms with Gasteiger partial charge in [0.05, 0.1) is 12.9 Å². The number of anilines is 1. The zero-order valence-electron chi connectivity index (χ0n) is 8.40. The van der Waals surface area contributed by atoms with Crippen molar-refractivity contribution in [2.75, 3.05) is 25.0 Å². The van der Waals surface area contributed by atoms with Crippen LogP contribution in [0.4, 0.5) is 5.69 Å². The van der Waals surface area contributed by atoms with Gasteiger partial charge in [0.15, 0.2) is 0 Å². The third-order valence-electron chi connectivity index (χ3n) is 2.34. The largest absolute Gasteiger partial charge is 0.331 e. The van der Waals surface area contributed by atoms with Gasteiger partial charge in [0.1, 0.15) is 0 Å². The molecule has 3 nitrogen and oxygen atoms in total. The van der Waals surface area contributed by atoms with E-state index in [9.17, 15) is 0 Å². The first kappa shape index (κ1) is 9.21. The van der Waals surface area contributed by atoms with Crippen LogP contribution >= 0.6 is 0 Å². The van der Waals surface area contributed by atoms with Gasteiger partial charge < -0.3 is 10.2 Å². The highest BCUT2D eigenvalue weighted by Gasteiger charge is 2.06. The summed E-state index contributed by atoms with van der Waals surface area (Å²) in [6.45, 7) is 2.85. The molecule has 1 N–H and O–H groups in total. The topological polar surface area (TPSA) is 27.6 Å². The van der Waals surface area contributed by atoms with Gasteiger partial charge >= 0.3 is 0 Å². The van der Waals surface area contributed by atoms with Gasteiger partial charge in [-0.25, -0.2) is 0 Å². The average molecular weight is 189 g/mol. The fourth-order valence-electron chi connectivity index (χ4n) is 1.58. The molecule has 0 saturated heterocycles. The molecule has 1 aromatic rings. The summed E-state index contributed by atoms with van der Waals surface area (Å²) in [5.41, 5.74) is 2.54. The number of rotatable bonds is 3. The van der Waals surface area contributed by atoms with E-state index in [2.05, 4.69) is 39.5 Å². The molecule has 0 saturated carbocycles. The van der Waals surface area contributed by atoms with E-state index in [0.29, 0.717) is 0 Å². The lowest BCUT2D eigenvalue weighted by atomic mass is 10.2. The highest BCUT2D eigenvalue weighted by Crippen LogP contribution is 2.15. The van der Waals surface area contributed by atoms with E-state index in [1.54, 1.807) is 0 Å². The maximum Gasteiger partial charge on any atom is 0.0895 e. The van der Waals surface area contributed by atoms with Gasteiger partial charge in [-0.15, -0.1) is 0 Å². The van der Waals surface area contributed by atoms with E-state index in [0.717, 1.165) is 19.6 Å². The summed E-state index contributed by atoms with van der Waals surface area (Å²) in [5, 5.41) is 3.13. The molecule has 14 heavy (non-hydrogen) atoms. The summed E-state index contributed by atoms with van der Waals surface area (Å²) in [4.78, 5) is 6.36. The predicted molar refractivity (Wildman–Crippen MR) is 59.9 cm³/mol. The second kappa shape index (κ2) is 4.24. The quantitative estimate of drug-likeness (QED) is 0.775. The van der Waals surface area contributed by atoms with Gasteiger partial charge in [0.25, 0.3) is 0 Å². The third kappa shape index (κ3) is 1.93. The van der Waals surface area contributed by atoms with Crippen molar-refractivity contribution in [3.05, 3.63) is 29.8 Å². The van der Waals surface area contributed by atoms with Gasteiger partial charge in [0.2, 0.25) is 0 Å². The van der Waals surface area contributed by atoms with Gasteiger partial charge in [-0.2, -0.15) is 0 Å². The standard InChI is InChI=1S/C11H15N3/c1-12-8-10-2-4-11(5-3-10)14-7-6-13-9-14/h2-5,9,12H,6-8H2,1H3. The van der Waals surface area contributed by atoms with Crippen LogP contribution in [0, 0.1) is 0 Å². The number of nitrogens with one attached hydrogen (secondary N) is 1. The van der Waals surface area contributed by atoms with Crippen LogP contribution in [0.5, 0.6) is 0 Å². The molecule has 1 aliphatic rings. The van der Waals surface area contributed by atoms with Crippen LogP contribution in [0.15, 0.2) is 29.3 Å². The minimum absolute atomic E-state index is 0.915. The summed E-state index contributed by atoms with van der Waals surface area (Å²) in [6.07, 6.45) is 1.91. The molecular formula is C11H15N3. The van der Waals surface area contributed by atoms with Crippen LogP contribution in [0.3, 0.4) is 0 Å². The second-order valence-corrected chi connectivity index (χ2v) is 3.41. The molecule has 0 atom stereocenters. The van der Waals surface area contributed by atoms with E-state index in [1.807, 2.05) is 13.4 Å². The summed E-state index contributed by atoms with van der Waals surface area (Å²) >= 11 is 0. The molecule has 0 spiro atoms. The highest BCUT2D eigenvalue weighted by atomic mass is 15.2. The maximum absolute atomic E-state index is 4.19. The van der Waals surface area contributed by atoms with Crippen molar-refractivity contribution in [2.24, 2.45) is 4.99 Å². The van der Waals surface area contributed by atoms with E-state index in [4.69, 9.17) is 0 Å². The molecule has 2 rings (SSSR count). The lowest BCUT2D eigenvalue weighted by molar-refractivity contribution is 0.818. The fourth-order valence-corrected chi connectivity index (χ4v) is 1.58. The number of hydrogen-bond acceptors (Lipinski definition) is 3. The molecule has 3 heteroatoms. The van der Waals surface area contributed by atoms with Crippen molar-refractivity contribution < 1.29 is 0 Å². The van der Waals surface area contributed by atoms with Gasteiger partial charge in [-0.1, -0.05) is 12.1 Å². The molecule has 1 heterocycles. The Kier molecular flexibility index (Phi) is 2.79. The minimum atomic E-state index is 0.915. The molecule has 74 valence electrons. The molecule has 1 aromatic carbocycles. The Morgan fingerprint density at radius 2 is 2.14 bits per heavy atom. The van der Waals surface area contributed by atoms with Crippen molar-refractivity contribution in [2.45, 2.75) is 6.54 Å². The van der Waals surface area contributed by atoms with E-state index in [1.165, 1.54) is 11.3 Å². The van der Waals surface area contributed by atoms with E-state index >= 15 is 0 Å². The van der Waals surface area contributed by atoms with Crippen molar-refractivity contribution >= 4 is 12.0 Å². The van der Waals surface area contributed by atoms with Gasteiger partial charge in [-0.05, 0) is 24.7 Å². The lowest BCUT2D eigenvalue weighted by Gasteiger charge is -2.14. The summed E-state index contributed by atoms with van der Waals surface area (Å²) in [5.74, 6) is 0. The monoisotopic (exact) mass is 189 g/mol. The van der Waals surface area contributed by atoms with E-state index in [-0.39, 0.29) is 0 Å². The Hall–Kier alpha value is -1.35. The molecule has 0 bridgehead atoms. The number of aliphatic imine (C=N–C) groups is 1. The molecule has 0 amide bonds. The number of benzene rings is 1. The molecule has 1 aliphatic heterocycles. The van der Waals surface area contributed by atoms with Crippen molar-refractivity contribution in [1.82, 2.24) is 5.32 Å². The van der Waals surface area contributed by atoms with Crippen LogP contribution < -0.4 is 10.2 Å². The average Bonchev–Trinajstić information content (AvgIpc) is 2.72. The summed E-state index contributed by atoms with van der Waals surface area (Å²) < 4.78 is 0. The predicted octanol–water partition coefficient (Wildman–Crippen LogP) is 1.25. The van der Waals surface area contributed by atoms with Gasteiger partial charge in [-0.3, -0.25) is 4.99 Å². The Balaban J connectivity index is 2.09. The summed E-state index contributed by atoms with van der Waals surface area (Å²) in [7, 11) is 1.96. The summed E-state index contributed by atoms with van der Waals surface area (Å²) in [6, 6.07) is 8.59. The Bertz CT molecular complexity index is 316. The Morgan fingerprint density at radius 3 is 2.71 bits per heavy atom. The molecule has 0 aliphatic carbocycles. The molecule has 0 fully saturated rings. The highest BCUT2D eigenvalue weighted by molar-refractivity contribution is 5.80. The second-order valence-electron chi connectivity index (χ2n) is 3.41. The number of nitrogens with zero attached hydrogens (tertiary/aromatic N) is 2. The zero-order valence-corrected chi connectivity index (χ0v) is 8.40. The smallest absolute Gasteiger partial charge is 0.0895 e. The van der Waals surface area contributed by atoms with Crippen LogP contribution in [0.2, 0.25) is 0 Å². The van der Waals surface area contributed by atoms with Crippen molar-refractivity contribution in [1.29, 1.82) is 0 Å². The minimum Gasteiger partial charge on any atom is -0.331 e. The first-order valence-electron chi connectivity index (χ1n) is 4.90. The Morgan fingerprint density at radius 1 is 1.36 bits per heavy atom. The number of hydrogen-bond donors (Lipinski definition) is 1. The first-order valence-corrected chi connectivity index (χ1v) is 4.90. The SMILES string of the molecule is CNCc1ccc(N2C=NCC2)cc1. The van der Waals surface area contributed by atoms with E-state index < -0.39 is 0 Å². The fraction of sp³-hybridized carbons (Fsp3) is 0.364. The van der Waals surface area contributed by atoms with Crippen LogP contribution in [-0.4, -0.2) is 26.5 Å².